The minimum absolute atomic E-state index is 0.0506. The maximum absolute atomic E-state index is 14.4. The fourth-order valence-electron chi connectivity index (χ4n) is 2.33. The SMILES string of the molecule is CC(C)[C@H](NC(=O)C(F)c1ccc(Cl)cc1)C(=O)N[C@H](CCC(=O)O)C(=O)O. The van der Waals surface area contributed by atoms with Crippen molar-refractivity contribution in [2.24, 2.45) is 5.92 Å². The smallest absolute Gasteiger partial charge is 0.326 e. The van der Waals surface area contributed by atoms with Crippen molar-refractivity contribution in [3.05, 3.63) is 34.9 Å². The third-order valence-electron chi connectivity index (χ3n) is 3.90. The molecule has 0 aliphatic heterocycles. The quantitative estimate of drug-likeness (QED) is 0.460. The Bertz CT molecular complexity index is 725. The summed E-state index contributed by atoms with van der Waals surface area (Å²) in [5.41, 5.74) is 0.0506. The highest BCUT2D eigenvalue weighted by Crippen LogP contribution is 2.20. The molecule has 2 amide bonds. The lowest BCUT2D eigenvalue weighted by molar-refractivity contribution is -0.143. The van der Waals surface area contributed by atoms with Gasteiger partial charge < -0.3 is 20.8 Å². The molecule has 28 heavy (non-hydrogen) atoms. The van der Waals surface area contributed by atoms with Gasteiger partial charge in [0.25, 0.3) is 5.91 Å². The van der Waals surface area contributed by atoms with E-state index in [0.717, 1.165) is 0 Å². The molecule has 0 saturated heterocycles. The fraction of sp³-hybridized carbons (Fsp3) is 0.444. The number of aliphatic carboxylic acids is 2. The van der Waals surface area contributed by atoms with Crippen molar-refractivity contribution >= 4 is 35.4 Å². The Hall–Kier alpha value is -2.68. The van der Waals surface area contributed by atoms with Crippen LogP contribution in [0.15, 0.2) is 24.3 Å². The molecule has 3 atom stereocenters. The maximum Gasteiger partial charge on any atom is 0.326 e. The number of rotatable bonds is 10. The van der Waals surface area contributed by atoms with Gasteiger partial charge in [-0.2, -0.15) is 0 Å². The van der Waals surface area contributed by atoms with E-state index in [4.69, 9.17) is 21.8 Å². The average Bonchev–Trinajstić information content (AvgIpc) is 2.61. The van der Waals surface area contributed by atoms with Crippen LogP contribution in [0, 0.1) is 5.92 Å². The number of alkyl halides is 1. The molecule has 4 N–H and O–H groups in total. The van der Waals surface area contributed by atoms with Gasteiger partial charge >= 0.3 is 11.9 Å². The molecule has 1 unspecified atom stereocenters. The van der Waals surface area contributed by atoms with Crippen LogP contribution in [0.25, 0.3) is 0 Å². The zero-order chi connectivity index (χ0) is 21.4. The Balaban J connectivity index is 2.83. The van der Waals surface area contributed by atoms with Gasteiger partial charge in [-0.15, -0.1) is 0 Å². The number of carbonyl (C=O) groups excluding carboxylic acids is 2. The lowest BCUT2D eigenvalue weighted by Crippen LogP contribution is -2.54. The third kappa shape index (κ3) is 7.15. The van der Waals surface area contributed by atoms with E-state index < -0.39 is 54.3 Å². The number of nitrogens with one attached hydrogen (secondary N) is 2. The Labute approximate surface area is 166 Å². The molecule has 0 spiro atoms. The number of hydrogen-bond donors (Lipinski definition) is 4. The standard InChI is InChI=1S/C18H22ClFN2O6/c1-9(2)15(17(26)21-12(18(27)28)7-8-13(23)24)22-16(25)14(20)10-3-5-11(19)6-4-10/h3-6,9,12,14-15H,7-8H2,1-2H3,(H,21,26)(H,22,25)(H,23,24)(H,27,28)/t12-,14?,15+/m1/s1. The van der Waals surface area contributed by atoms with Crippen molar-refractivity contribution in [1.29, 1.82) is 0 Å². The van der Waals surface area contributed by atoms with Gasteiger partial charge in [0.2, 0.25) is 12.1 Å². The zero-order valence-electron chi connectivity index (χ0n) is 15.3. The molecule has 8 nitrogen and oxygen atoms in total. The van der Waals surface area contributed by atoms with Crippen molar-refractivity contribution in [3.63, 3.8) is 0 Å². The van der Waals surface area contributed by atoms with E-state index >= 15 is 0 Å². The molecule has 1 aromatic carbocycles. The Morgan fingerprint density at radius 3 is 2.07 bits per heavy atom. The Kier molecular flexibility index (Phi) is 8.84. The molecule has 0 aliphatic carbocycles. The van der Waals surface area contributed by atoms with E-state index in [-0.39, 0.29) is 12.0 Å². The van der Waals surface area contributed by atoms with Gasteiger partial charge in [-0.3, -0.25) is 14.4 Å². The predicted octanol–water partition coefficient (Wildman–Crippen LogP) is 1.93. The molecule has 10 heteroatoms. The van der Waals surface area contributed by atoms with Crippen LogP contribution in [-0.2, 0) is 19.2 Å². The van der Waals surface area contributed by atoms with Crippen molar-refractivity contribution in [2.75, 3.05) is 0 Å². The zero-order valence-corrected chi connectivity index (χ0v) is 16.1. The topological polar surface area (TPSA) is 133 Å². The second-order valence-electron chi connectivity index (χ2n) is 6.48. The van der Waals surface area contributed by atoms with Crippen LogP contribution in [0.2, 0.25) is 5.02 Å². The lowest BCUT2D eigenvalue weighted by Gasteiger charge is -2.24. The molecule has 0 fully saturated rings. The van der Waals surface area contributed by atoms with Crippen molar-refractivity contribution in [3.8, 4) is 0 Å². The summed E-state index contributed by atoms with van der Waals surface area (Å²) >= 11 is 5.72. The predicted molar refractivity (Wildman–Crippen MR) is 98.5 cm³/mol. The third-order valence-corrected chi connectivity index (χ3v) is 4.15. The molecule has 0 bridgehead atoms. The molecule has 154 valence electrons. The first-order valence-electron chi connectivity index (χ1n) is 8.47. The van der Waals surface area contributed by atoms with Gasteiger partial charge in [0.15, 0.2) is 0 Å². The number of halogens is 2. The second kappa shape index (κ2) is 10.6. The largest absolute Gasteiger partial charge is 0.481 e. The summed E-state index contributed by atoms with van der Waals surface area (Å²) in [6.45, 7) is 3.18. The Morgan fingerprint density at radius 1 is 1.04 bits per heavy atom. The van der Waals surface area contributed by atoms with E-state index in [9.17, 15) is 23.6 Å². The summed E-state index contributed by atoms with van der Waals surface area (Å²) in [5, 5.41) is 22.6. The first-order chi connectivity index (χ1) is 13.0. The van der Waals surface area contributed by atoms with Gasteiger partial charge in [-0.25, -0.2) is 9.18 Å². The summed E-state index contributed by atoms with van der Waals surface area (Å²) < 4.78 is 14.4. The second-order valence-corrected chi connectivity index (χ2v) is 6.91. The van der Waals surface area contributed by atoms with Gasteiger partial charge in [0.05, 0.1) is 0 Å². The van der Waals surface area contributed by atoms with Crippen molar-refractivity contribution in [2.45, 2.75) is 44.9 Å². The van der Waals surface area contributed by atoms with Gasteiger partial charge in [-0.05, 0) is 30.0 Å². The molecular weight excluding hydrogens is 395 g/mol. The maximum atomic E-state index is 14.4. The van der Waals surface area contributed by atoms with Crippen LogP contribution in [0.4, 0.5) is 4.39 Å². The first-order valence-corrected chi connectivity index (χ1v) is 8.85. The van der Waals surface area contributed by atoms with Crippen LogP contribution < -0.4 is 10.6 Å². The monoisotopic (exact) mass is 416 g/mol. The number of carboxylic acids is 2. The highest BCUT2D eigenvalue weighted by atomic mass is 35.5. The molecule has 0 heterocycles. The van der Waals surface area contributed by atoms with E-state index in [2.05, 4.69) is 10.6 Å². The first kappa shape index (κ1) is 23.4. The van der Waals surface area contributed by atoms with E-state index in [0.29, 0.717) is 5.02 Å². The van der Waals surface area contributed by atoms with Gasteiger partial charge in [-0.1, -0.05) is 37.6 Å². The molecule has 0 aromatic heterocycles. The minimum atomic E-state index is -2.05. The van der Waals surface area contributed by atoms with Crippen LogP contribution in [0.1, 0.15) is 38.4 Å². The molecule has 0 saturated carbocycles. The number of hydrogen-bond acceptors (Lipinski definition) is 4. The molecule has 1 rings (SSSR count). The summed E-state index contributed by atoms with van der Waals surface area (Å²) in [6, 6.07) is 2.86. The van der Waals surface area contributed by atoms with Crippen LogP contribution in [0.5, 0.6) is 0 Å². The van der Waals surface area contributed by atoms with Crippen molar-refractivity contribution < 1.29 is 33.8 Å². The van der Waals surface area contributed by atoms with Crippen LogP contribution in [0.3, 0.4) is 0 Å². The Morgan fingerprint density at radius 2 is 1.61 bits per heavy atom. The average molecular weight is 417 g/mol. The summed E-state index contributed by atoms with van der Waals surface area (Å²) in [5.74, 6) is -5.00. The van der Waals surface area contributed by atoms with E-state index in [1.807, 2.05) is 0 Å². The molecule has 1 aromatic rings. The normalized spacial score (nSPS) is 14.0. The number of carbonyl (C=O) groups is 4. The summed E-state index contributed by atoms with van der Waals surface area (Å²) in [6.07, 6.45) is -2.83. The van der Waals surface area contributed by atoms with E-state index in [1.165, 1.54) is 24.3 Å². The van der Waals surface area contributed by atoms with Gasteiger partial charge in [0.1, 0.15) is 12.1 Å². The number of amides is 2. The highest BCUT2D eigenvalue weighted by Gasteiger charge is 2.31. The molecule has 0 aliphatic rings. The van der Waals surface area contributed by atoms with E-state index in [1.54, 1.807) is 13.8 Å². The fourth-order valence-corrected chi connectivity index (χ4v) is 2.46. The van der Waals surface area contributed by atoms with Crippen molar-refractivity contribution in [1.82, 2.24) is 10.6 Å². The summed E-state index contributed by atoms with van der Waals surface area (Å²) in [4.78, 5) is 46.4. The van der Waals surface area contributed by atoms with Gasteiger partial charge in [0, 0.05) is 11.4 Å². The van der Waals surface area contributed by atoms with Crippen LogP contribution in [-0.4, -0.2) is 46.0 Å². The highest BCUT2D eigenvalue weighted by molar-refractivity contribution is 6.30. The summed E-state index contributed by atoms with van der Waals surface area (Å²) in [7, 11) is 0. The number of benzene rings is 1. The minimum Gasteiger partial charge on any atom is -0.481 e. The molecule has 0 radical (unpaired) electrons. The molecular formula is C18H22ClFN2O6. The lowest BCUT2D eigenvalue weighted by atomic mass is 10.0. The number of carboxylic acid groups (broad SMARTS) is 2. The van der Waals surface area contributed by atoms with Crippen LogP contribution >= 0.6 is 11.6 Å².